The summed E-state index contributed by atoms with van der Waals surface area (Å²) in [7, 11) is 0. The summed E-state index contributed by atoms with van der Waals surface area (Å²) in [5.41, 5.74) is 0.586. The maximum Gasteiger partial charge on any atom is 0.389 e. The molecule has 28 heavy (non-hydrogen) atoms. The van der Waals surface area contributed by atoms with Crippen LogP contribution in [0.1, 0.15) is 19.8 Å². The first-order valence-electron chi connectivity index (χ1n) is 8.35. The van der Waals surface area contributed by atoms with E-state index in [-0.39, 0.29) is 10.8 Å². The number of halogens is 4. The van der Waals surface area contributed by atoms with Gasteiger partial charge in [-0.3, -0.25) is 14.7 Å². The Morgan fingerprint density at radius 2 is 2.18 bits per heavy atom. The van der Waals surface area contributed by atoms with Gasteiger partial charge in [0.05, 0.1) is 24.5 Å². The number of hydrogen-bond donors (Lipinski definition) is 1. The fourth-order valence-corrected chi connectivity index (χ4v) is 3.44. The number of hydrogen-bond acceptors (Lipinski definition) is 5. The van der Waals surface area contributed by atoms with Crippen LogP contribution in [0, 0.1) is 5.92 Å². The molecular weight excluding hydrogens is 417 g/mol. The minimum atomic E-state index is -4.49. The lowest BCUT2D eigenvalue weighted by Crippen LogP contribution is -2.45. The first kappa shape index (κ1) is 22.5. The molecule has 0 aliphatic rings. The fraction of sp³-hybridized carbons (Fsp3) is 0.471. The molecule has 0 aliphatic heterocycles. The monoisotopic (exact) mass is 436 g/mol. The van der Waals surface area contributed by atoms with Crippen molar-refractivity contribution in [3.05, 3.63) is 35.9 Å². The van der Waals surface area contributed by atoms with E-state index in [1.807, 2.05) is 6.26 Å². The third kappa shape index (κ3) is 5.86. The van der Waals surface area contributed by atoms with Gasteiger partial charge in [0.2, 0.25) is 5.91 Å². The Morgan fingerprint density at radius 3 is 2.75 bits per heavy atom. The lowest BCUT2D eigenvalue weighted by molar-refractivity contribution is -0.144. The molecule has 6 nitrogen and oxygen atoms in total. The van der Waals surface area contributed by atoms with Crippen LogP contribution in [-0.4, -0.2) is 50.2 Å². The second kappa shape index (κ2) is 9.62. The van der Waals surface area contributed by atoms with Gasteiger partial charge in [-0.2, -0.15) is 30.0 Å². The van der Waals surface area contributed by atoms with E-state index in [4.69, 9.17) is 11.6 Å². The van der Waals surface area contributed by atoms with Crippen molar-refractivity contribution in [3.8, 4) is 5.69 Å². The van der Waals surface area contributed by atoms with E-state index in [2.05, 4.69) is 10.1 Å². The molecule has 2 heterocycles. The Hall–Kier alpha value is -1.78. The van der Waals surface area contributed by atoms with Crippen molar-refractivity contribution < 1.29 is 23.1 Å². The second-order valence-corrected chi connectivity index (χ2v) is 7.45. The quantitative estimate of drug-likeness (QED) is 0.635. The second-order valence-electron chi connectivity index (χ2n) is 6.19. The topological polar surface area (TPSA) is 71.2 Å². The van der Waals surface area contributed by atoms with Gasteiger partial charge in [-0.05, 0) is 24.1 Å². The summed E-state index contributed by atoms with van der Waals surface area (Å²) in [6, 6.07) is 3.37. The third-order valence-corrected chi connectivity index (χ3v) is 5.04. The molecule has 2 unspecified atom stereocenters. The van der Waals surface area contributed by atoms with Crippen molar-refractivity contribution in [1.29, 1.82) is 0 Å². The van der Waals surface area contributed by atoms with Crippen LogP contribution >= 0.6 is 23.4 Å². The number of carbonyl (C=O) groups is 1. The molecule has 0 fully saturated rings. The van der Waals surface area contributed by atoms with Crippen molar-refractivity contribution >= 4 is 35.0 Å². The van der Waals surface area contributed by atoms with Gasteiger partial charge < -0.3 is 5.11 Å². The van der Waals surface area contributed by atoms with Crippen LogP contribution in [-0.2, 0) is 4.79 Å². The Labute approximate surface area is 169 Å². The summed E-state index contributed by atoms with van der Waals surface area (Å²) < 4.78 is 39.1. The number of anilines is 1. The summed E-state index contributed by atoms with van der Waals surface area (Å²) >= 11 is 7.61. The third-order valence-electron chi connectivity index (χ3n) is 3.92. The summed E-state index contributed by atoms with van der Waals surface area (Å²) in [5, 5.41) is 14.6. The Bertz CT molecular complexity index is 788. The zero-order valence-corrected chi connectivity index (χ0v) is 16.8. The Morgan fingerprint density at radius 1 is 1.46 bits per heavy atom. The smallest absolute Gasteiger partial charge is 0.373 e. The van der Waals surface area contributed by atoms with E-state index in [1.165, 1.54) is 28.8 Å². The van der Waals surface area contributed by atoms with E-state index in [0.717, 1.165) is 4.90 Å². The molecule has 2 aromatic rings. The zero-order chi connectivity index (χ0) is 20.9. The van der Waals surface area contributed by atoms with Crippen molar-refractivity contribution in [2.24, 2.45) is 5.92 Å². The molecule has 0 spiro atoms. The van der Waals surface area contributed by atoms with E-state index in [0.29, 0.717) is 11.4 Å². The molecule has 0 saturated heterocycles. The molecule has 2 atom stereocenters. The van der Waals surface area contributed by atoms with Crippen LogP contribution in [0.15, 0.2) is 30.7 Å². The molecule has 0 saturated carbocycles. The summed E-state index contributed by atoms with van der Waals surface area (Å²) in [6.07, 6.45) is -1.64. The first-order valence-corrected chi connectivity index (χ1v) is 10.1. The Balaban J connectivity index is 2.38. The van der Waals surface area contributed by atoms with Crippen molar-refractivity contribution in [2.45, 2.75) is 32.2 Å². The molecule has 0 radical (unpaired) electrons. The zero-order valence-electron chi connectivity index (χ0n) is 15.2. The molecule has 2 aromatic heterocycles. The molecule has 2 rings (SSSR count). The van der Waals surface area contributed by atoms with Crippen molar-refractivity contribution in [3.63, 3.8) is 0 Å². The van der Waals surface area contributed by atoms with Crippen LogP contribution in [0.5, 0.6) is 0 Å². The van der Waals surface area contributed by atoms with Crippen molar-refractivity contribution in [1.82, 2.24) is 14.8 Å². The lowest BCUT2D eigenvalue weighted by Gasteiger charge is -2.31. The molecule has 1 N–H and O–H groups in total. The van der Waals surface area contributed by atoms with Crippen LogP contribution in [0.4, 0.5) is 18.9 Å². The van der Waals surface area contributed by atoms with Crippen LogP contribution in [0.25, 0.3) is 5.69 Å². The van der Waals surface area contributed by atoms with Gasteiger partial charge in [0.15, 0.2) is 5.15 Å². The lowest BCUT2D eigenvalue weighted by atomic mass is 10.1. The molecule has 11 heteroatoms. The maximum atomic E-state index is 12.6. The minimum Gasteiger partial charge on any atom is -0.373 e. The number of aromatic nitrogens is 3. The largest absolute Gasteiger partial charge is 0.389 e. The summed E-state index contributed by atoms with van der Waals surface area (Å²) in [6.45, 7) is 1.70. The Kier molecular flexibility index (Phi) is 7.73. The number of aliphatic hydroxyl groups is 1. The average molecular weight is 437 g/mol. The number of rotatable bonds is 8. The normalized spacial score (nSPS) is 14.0. The van der Waals surface area contributed by atoms with E-state index < -0.39 is 37.1 Å². The molecular formula is C17H20ClF3N4O2S. The van der Waals surface area contributed by atoms with Gasteiger partial charge in [-0.25, -0.2) is 4.68 Å². The van der Waals surface area contributed by atoms with Crippen LogP contribution in [0.2, 0.25) is 5.15 Å². The van der Waals surface area contributed by atoms with Gasteiger partial charge in [0, 0.05) is 18.5 Å². The maximum absolute atomic E-state index is 12.6. The highest BCUT2D eigenvalue weighted by Gasteiger charge is 2.34. The summed E-state index contributed by atoms with van der Waals surface area (Å²) in [5.74, 6) is -0.786. The number of pyridine rings is 1. The molecule has 0 bridgehead atoms. The summed E-state index contributed by atoms with van der Waals surface area (Å²) in [4.78, 5) is 17.4. The first-order chi connectivity index (χ1) is 13.1. The number of amides is 1. The van der Waals surface area contributed by atoms with Crippen LogP contribution < -0.4 is 4.90 Å². The number of alkyl halides is 3. The highest BCUT2D eigenvalue weighted by atomic mass is 35.5. The molecule has 0 aliphatic carbocycles. The van der Waals surface area contributed by atoms with Crippen molar-refractivity contribution in [2.75, 3.05) is 16.9 Å². The minimum absolute atomic E-state index is 0.0400. The average Bonchev–Trinajstić information content (AvgIpc) is 3.02. The number of thioether (sulfide) groups is 1. The SMILES string of the molecule is CSCC(C)C(O)N(C(=O)CCC(F)(F)F)c1cn(-c2cccnc2)nc1Cl. The van der Waals surface area contributed by atoms with Crippen LogP contribution in [0.3, 0.4) is 0 Å². The highest BCUT2D eigenvalue weighted by Crippen LogP contribution is 2.31. The highest BCUT2D eigenvalue weighted by molar-refractivity contribution is 7.98. The predicted molar refractivity (Wildman–Crippen MR) is 103 cm³/mol. The van der Waals surface area contributed by atoms with E-state index in [1.54, 1.807) is 25.3 Å². The molecule has 1 amide bonds. The van der Waals surface area contributed by atoms with E-state index in [9.17, 15) is 23.1 Å². The predicted octanol–water partition coefficient (Wildman–Crippen LogP) is 3.91. The van der Waals surface area contributed by atoms with Gasteiger partial charge >= 0.3 is 6.18 Å². The van der Waals surface area contributed by atoms with E-state index >= 15 is 0 Å². The number of carbonyl (C=O) groups excluding carboxylic acids is 1. The number of aliphatic hydroxyl groups excluding tert-OH is 1. The fourth-order valence-electron chi connectivity index (χ4n) is 2.52. The van der Waals surface area contributed by atoms with Gasteiger partial charge in [0.1, 0.15) is 11.9 Å². The molecule has 0 aromatic carbocycles. The van der Waals surface area contributed by atoms with Gasteiger partial charge in [0.25, 0.3) is 0 Å². The number of nitrogens with zero attached hydrogens (tertiary/aromatic N) is 4. The molecule has 154 valence electrons. The van der Waals surface area contributed by atoms with Gasteiger partial charge in [-0.1, -0.05) is 18.5 Å². The standard InChI is InChI=1S/C17H20ClF3N4O2S/c1-11(10-28-2)16(27)25(14(26)5-6-17(19,20)21)13-9-24(23-15(13)18)12-4-3-7-22-8-12/h3-4,7-9,11,16,27H,5-6,10H2,1-2H3. The van der Waals surface area contributed by atoms with Gasteiger partial charge in [-0.15, -0.1) is 0 Å².